The molecule has 172 valence electrons. The molecule has 0 aliphatic carbocycles. The molecule has 0 bridgehead atoms. The summed E-state index contributed by atoms with van der Waals surface area (Å²) in [5, 5.41) is 11.4. The number of rotatable bonds is 8. The molecule has 3 rings (SSSR count). The quantitative estimate of drug-likeness (QED) is 0.384. The van der Waals surface area contributed by atoms with Crippen LogP contribution in [0.15, 0.2) is 78.9 Å². The molecule has 1 unspecified atom stereocenters. The molecule has 0 fully saturated rings. The van der Waals surface area contributed by atoms with Crippen LogP contribution < -0.4 is 26.6 Å². The molecule has 0 saturated carbocycles. The number of amides is 4. The number of hydrogen-bond acceptors (Lipinski definition) is 5. The van der Waals surface area contributed by atoms with Gasteiger partial charge < -0.3 is 15.8 Å². The predicted octanol–water partition coefficient (Wildman–Crippen LogP) is 2.55. The van der Waals surface area contributed by atoms with Gasteiger partial charge >= 0.3 is 6.03 Å². The summed E-state index contributed by atoms with van der Waals surface area (Å²) in [6.07, 6.45) is -0.120. The van der Waals surface area contributed by atoms with Crippen LogP contribution in [0.5, 0.6) is 5.75 Å². The molecule has 5 N–H and O–H groups in total. The second-order valence-corrected chi connectivity index (χ2v) is 7.27. The van der Waals surface area contributed by atoms with Crippen LogP contribution in [0.1, 0.15) is 23.6 Å². The van der Waals surface area contributed by atoms with Crippen LogP contribution in [0.25, 0.3) is 11.1 Å². The van der Waals surface area contributed by atoms with Crippen LogP contribution in [0.3, 0.4) is 0 Å². The summed E-state index contributed by atoms with van der Waals surface area (Å²) < 4.78 is 5.45. The maximum Gasteiger partial charge on any atom is 0.312 e. The summed E-state index contributed by atoms with van der Waals surface area (Å²) in [4.78, 5) is 35.5. The van der Waals surface area contributed by atoms with Crippen molar-refractivity contribution in [2.24, 2.45) is 5.73 Å². The van der Waals surface area contributed by atoms with Gasteiger partial charge in [-0.25, -0.2) is 4.79 Å². The van der Waals surface area contributed by atoms with Crippen molar-refractivity contribution in [3.63, 3.8) is 0 Å². The SMILES string of the molecule is N#Cc1ccc(-c2ccc(OCC(=O)NNC(=O)CC(NC(N)=O)c3ccccc3)cc2)cc1. The molecule has 4 amide bonds. The van der Waals surface area contributed by atoms with Crippen LogP contribution >= 0.6 is 0 Å². The molecule has 0 saturated heterocycles. The summed E-state index contributed by atoms with van der Waals surface area (Å²) in [5.74, 6) is -0.583. The lowest BCUT2D eigenvalue weighted by Gasteiger charge is -2.18. The van der Waals surface area contributed by atoms with Gasteiger partial charge in [0, 0.05) is 0 Å². The minimum absolute atomic E-state index is 0.120. The van der Waals surface area contributed by atoms with Crippen LogP contribution in [-0.4, -0.2) is 24.5 Å². The number of primary amides is 1. The molecule has 1 atom stereocenters. The fourth-order valence-corrected chi connectivity index (χ4v) is 3.15. The fraction of sp³-hybridized carbons (Fsp3) is 0.120. The largest absolute Gasteiger partial charge is 0.484 e. The summed E-state index contributed by atoms with van der Waals surface area (Å²) in [6.45, 7) is -0.307. The molecule has 9 heteroatoms. The number of nitrogens with zero attached hydrogens (tertiary/aromatic N) is 1. The Kier molecular flexibility index (Phi) is 8.19. The van der Waals surface area contributed by atoms with E-state index in [2.05, 4.69) is 22.2 Å². The van der Waals surface area contributed by atoms with Crippen LogP contribution in [0, 0.1) is 11.3 Å². The Morgan fingerprint density at radius 1 is 0.853 bits per heavy atom. The van der Waals surface area contributed by atoms with Crippen LogP contribution in [0.2, 0.25) is 0 Å². The van der Waals surface area contributed by atoms with E-state index in [0.717, 1.165) is 11.1 Å². The van der Waals surface area contributed by atoms with Crippen LogP contribution in [0.4, 0.5) is 4.79 Å². The number of hydrogen-bond donors (Lipinski definition) is 4. The summed E-state index contributed by atoms with van der Waals surface area (Å²) in [7, 11) is 0. The van der Waals surface area contributed by atoms with Gasteiger partial charge in [-0.2, -0.15) is 5.26 Å². The molecule has 9 nitrogen and oxygen atoms in total. The molecule has 0 heterocycles. The molecule has 0 aromatic heterocycles. The minimum atomic E-state index is -0.760. The summed E-state index contributed by atoms with van der Waals surface area (Å²) in [5.41, 5.74) is 12.9. The normalized spacial score (nSPS) is 10.9. The Labute approximate surface area is 196 Å². The van der Waals surface area contributed by atoms with Gasteiger partial charge in [-0.15, -0.1) is 0 Å². The van der Waals surface area contributed by atoms with E-state index in [0.29, 0.717) is 16.9 Å². The van der Waals surface area contributed by atoms with Crippen molar-refractivity contribution >= 4 is 17.8 Å². The van der Waals surface area contributed by atoms with Gasteiger partial charge in [-0.1, -0.05) is 54.6 Å². The third-order valence-corrected chi connectivity index (χ3v) is 4.82. The second kappa shape index (κ2) is 11.7. The van der Waals surface area contributed by atoms with Crippen molar-refractivity contribution in [3.05, 3.63) is 90.0 Å². The van der Waals surface area contributed by atoms with Gasteiger partial charge in [0.05, 0.1) is 24.1 Å². The highest BCUT2D eigenvalue weighted by Gasteiger charge is 2.17. The predicted molar refractivity (Wildman–Crippen MR) is 125 cm³/mol. The minimum Gasteiger partial charge on any atom is -0.484 e. The number of nitrogens with one attached hydrogen (secondary N) is 3. The maximum absolute atomic E-state index is 12.2. The Bertz CT molecular complexity index is 1170. The summed E-state index contributed by atoms with van der Waals surface area (Å²) >= 11 is 0. The molecule has 0 spiro atoms. The molecule has 0 aliphatic rings. The zero-order valence-corrected chi connectivity index (χ0v) is 18.2. The highest BCUT2D eigenvalue weighted by molar-refractivity contribution is 5.83. The highest BCUT2D eigenvalue weighted by Crippen LogP contribution is 2.22. The van der Waals surface area contributed by atoms with Gasteiger partial charge in [0.15, 0.2) is 6.61 Å². The highest BCUT2D eigenvalue weighted by atomic mass is 16.5. The van der Waals surface area contributed by atoms with Gasteiger partial charge in [-0.05, 0) is 41.0 Å². The first-order valence-corrected chi connectivity index (χ1v) is 10.4. The lowest BCUT2D eigenvalue weighted by atomic mass is 10.0. The van der Waals surface area contributed by atoms with Crippen molar-refractivity contribution in [1.82, 2.24) is 16.2 Å². The number of nitriles is 1. The van der Waals surface area contributed by atoms with E-state index in [1.807, 2.05) is 30.3 Å². The van der Waals surface area contributed by atoms with Crippen LogP contribution in [-0.2, 0) is 9.59 Å². The van der Waals surface area contributed by atoms with E-state index >= 15 is 0 Å². The molecule has 0 radical (unpaired) electrons. The van der Waals surface area contributed by atoms with Gasteiger partial charge in [-0.3, -0.25) is 20.4 Å². The number of benzene rings is 3. The Morgan fingerprint density at radius 2 is 1.44 bits per heavy atom. The third-order valence-electron chi connectivity index (χ3n) is 4.82. The lowest BCUT2D eigenvalue weighted by molar-refractivity contribution is -0.130. The smallest absolute Gasteiger partial charge is 0.312 e. The zero-order valence-electron chi connectivity index (χ0n) is 18.2. The number of urea groups is 1. The van der Waals surface area contributed by atoms with Gasteiger partial charge in [0.1, 0.15) is 5.75 Å². The Balaban J connectivity index is 1.45. The standard InChI is InChI=1S/C25H23N5O4/c26-15-17-6-8-18(9-7-17)19-10-12-21(13-11-19)34-16-24(32)30-29-23(31)14-22(28-25(27)33)20-4-2-1-3-5-20/h1-13,22H,14,16H2,(H,29,31)(H,30,32)(H3,27,28,33). The molecular formula is C25H23N5O4. The first-order chi connectivity index (χ1) is 16.4. The molecule has 34 heavy (non-hydrogen) atoms. The molecule has 3 aromatic rings. The van der Waals surface area contributed by atoms with Crippen molar-refractivity contribution < 1.29 is 19.1 Å². The second-order valence-electron chi connectivity index (χ2n) is 7.27. The van der Waals surface area contributed by atoms with E-state index in [1.54, 1.807) is 48.5 Å². The number of nitrogens with two attached hydrogens (primary N) is 1. The number of ether oxygens (including phenoxy) is 1. The van der Waals surface area contributed by atoms with Crippen molar-refractivity contribution in [1.29, 1.82) is 5.26 Å². The number of hydrazine groups is 1. The van der Waals surface area contributed by atoms with Crippen molar-refractivity contribution in [2.75, 3.05) is 6.61 Å². The zero-order chi connectivity index (χ0) is 24.3. The Hall–Kier alpha value is -4.84. The average molecular weight is 457 g/mol. The van der Waals surface area contributed by atoms with Crippen molar-refractivity contribution in [3.8, 4) is 22.9 Å². The topological polar surface area (TPSA) is 146 Å². The van der Waals surface area contributed by atoms with E-state index in [1.165, 1.54) is 0 Å². The van der Waals surface area contributed by atoms with E-state index in [4.69, 9.17) is 15.7 Å². The van der Waals surface area contributed by atoms with E-state index < -0.39 is 23.9 Å². The lowest BCUT2D eigenvalue weighted by Crippen LogP contribution is -2.45. The monoisotopic (exact) mass is 457 g/mol. The number of carbonyl (C=O) groups excluding carboxylic acids is 3. The average Bonchev–Trinajstić information content (AvgIpc) is 2.86. The van der Waals surface area contributed by atoms with Gasteiger partial charge in [0.25, 0.3) is 5.91 Å². The maximum atomic E-state index is 12.2. The van der Waals surface area contributed by atoms with Gasteiger partial charge in [0.2, 0.25) is 5.91 Å². The Morgan fingerprint density at radius 3 is 2.03 bits per heavy atom. The summed E-state index contributed by atoms with van der Waals surface area (Å²) in [6, 6.07) is 23.9. The van der Waals surface area contributed by atoms with E-state index in [-0.39, 0.29) is 13.0 Å². The third kappa shape index (κ3) is 7.10. The van der Waals surface area contributed by atoms with E-state index in [9.17, 15) is 14.4 Å². The molecule has 0 aliphatic heterocycles. The first-order valence-electron chi connectivity index (χ1n) is 10.4. The molecular weight excluding hydrogens is 434 g/mol. The fourth-order valence-electron chi connectivity index (χ4n) is 3.15. The molecule has 3 aromatic carbocycles. The van der Waals surface area contributed by atoms with Crippen molar-refractivity contribution in [2.45, 2.75) is 12.5 Å². The first kappa shape index (κ1) is 23.8. The number of carbonyl (C=O) groups is 3.